The molecule has 0 fully saturated rings. The first-order chi connectivity index (χ1) is 8.27. The Balaban J connectivity index is 2.44. The Kier molecular flexibility index (Phi) is 6.71. The van der Waals surface area contributed by atoms with Gasteiger partial charge in [-0.3, -0.25) is 0 Å². The van der Waals surface area contributed by atoms with E-state index in [2.05, 4.69) is 31.3 Å². The standard InChI is InChI=1S/C15H25NO/c1-4-6-9-13(3)16-12-14-10-7-8-11-15(14)17-5-2/h7-8,10-11,13,16H,4-6,9,12H2,1-3H3. The summed E-state index contributed by atoms with van der Waals surface area (Å²) in [5.74, 6) is 1.00. The van der Waals surface area contributed by atoms with E-state index < -0.39 is 0 Å². The molecule has 96 valence electrons. The van der Waals surface area contributed by atoms with Crippen LogP contribution >= 0.6 is 0 Å². The largest absolute Gasteiger partial charge is 0.494 e. The van der Waals surface area contributed by atoms with Gasteiger partial charge in [-0.1, -0.05) is 38.0 Å². The minimum absolute atomic E-state index is 0.574. The summed E-state index contributed by atoms with van der Waals surface area (Å²) in [7, 11) is 0. The van der Waals surface area contributed by atoms with Crippen LogP contribution in [-0.2, 0) is 6.54 Å². The van der Waals surface area contributed by atoms with E-state index in [0.29, 0.717) is 6.04 Å². The molecule has 0 aliphatic carbocycles. The first kappa shape index (κ1) is 14.0. The molecule has 2 heteroatoms. The maximum absolute atomic E-state index is 5.61. The van der Waals surface area contributed by atoms with Gasteiger partial charge in [-0.15, -0.1) is 0 Å². The van der Waals surface area contributed by atoms with E-state index in [0.717, 1.165) is 18.9 Å². The van der Waals surface area contributed by atoms with Crippen LogP contribution in [0, 0.1) is 0 Å². The monoisotopic (exact) mass is 235 g/mol. The van der Waals surface area contributed by atoms with E-state index in [1.54, 1.807) is 0 Å². The SMILES string of the molecule is CCCCC(C)NCc1ccccc1OCC. The van der Waals surface area contributed by atoms with Gasteiger partial charge in [0.15, 0.2) is 0 Å². The van der Waals surface area contributed by atoms with Gasteiger partial charge in [-0.25, -0.2) is 0 Å². The zero-order valence-corrected chi connectivity index (χ0v) is 11.3. The molecule has 0 saturated carbocycles. The third-order valence-electron chi connectivity index (χ3n) is 2.90. The molecule has 0 aliphatic rings. The number of hydrogen-bond donors (Lipinski definition) is 1. The number of para-hydroxylation sites is 1. The van der Waals surface area contributed by atoms with E-state index >= 15 is 0 Å². The molecule has 0 saturated heterocycles. The summed E-state index contributed by atoms with van der Waals surface area (Å²) in [6.07, 6.45) is 3.80. The number of unbranched alkanes of at least 4 members (excludes halogenated alkanes) is 1. The molecule has 2 nitrogen and oxygen atoms in total. The van der Waals surface area contributed by atoms with Crippen LogP contribution in [0.4, 0.5) is 0 Å². The maximum Gasteiger partial charge on any atom is 0.123 e. The van der Waals surface area contributed by atoms with Crippen LogP contribution in [0.1, 0.15) is 45.6 Å². The molecule has 1 aromatic rings. The Morgan fingerprint density at radius 1 is 1.24 bits per heavy atom. The highest BCUT2D eigenvalue weighted by molar-refractivity contribution is 5.33. The third-order valence-corrected chi connectivity index (χ3v) is 2.90. The van der Waals surface area contributed by atoms with Crippen molar-refractivity contribution in [2.45, 2.75) is 52.6 Å². The number of benzene rings is 1. The topological polar surface area (TPSA) is 21.3 Å². The normalized spacial score (nSPS) is 12.4. The fraction of sp³-hybridized carbons (Fsp3) is 0.600. The molecule has 17 heavy (non-hydrogen) atoms. The van der Waals surface area contributed by atoms with Crippen molar-refractivity contribution in [3.05, 3.63) is 29.8 Å². The summed E-state index contributed by atoms with van der Waals surface area (Å²) >= 11 is 0. The molecule has 1 atom stereocenters. The second-order valence-corrected chi connectivity index (χ2v) is 4.46. The van der Waals surface area contributed by atoms with Crippen LogP contribution in [0.15, 0.2) is 24.3 Å². The van der Waals surface area contributed by atoms with E-state index in [-0.39, 0.29) is 0 Å². The molecule has 0 radical (unpaired) electrons. The van der Waals surface area contributed by atoms with Gasteiger partial charge in [0.2, 0.25) is 0 Å². The zero-order valence-electron chi connectivity index (χ0n) is 11.3. The minimum atomic E-state index is 0.574. The van der Waals surface area contributed by atoms with Crippen LogP contribution in [0.2, 0.25) is 0 Å². The zero-order chi connectivity index (χ0) is 12.5. The Morgan fingerprint density at radius 2 is 2.00 bits per heavy atom. The van der Waals surface area contributed by atoms with Crippen LogP contribution in [0.25, 0.3) is 0 Å². The van der Waals surface area contributed by atoms with Crippen LogP contribution < -0.4 is 10.1 Å². The van der Waals surface area contributed by atoms with Crippen molar-refractivity contribution in [1.82, 2.24) is 5.32 Å². The lowest BCUT2D eigenvalue weighted by Gasteiger charge is -2.15. The van der Waals surface area contributed by atoms with E-state index in [1.165, 1.54) is 24.8 Å². The van der Waals surface area contributed by atoms with Crippen molar-refractivity contribution in [3.63, 3.8) is 0 Å². The lowest BCUT2D eigenvalue weighted by atomic mass is 10.1. The fourth-order valence-electron chi connectivity index (χ4n) is 1.84. The van der Waals surface area contributed by atoms with Crippen LogP contribution in [0.5, 0.6) is 5.75 Å². The molecule has 1 N–H and O–H groups in total. The number of nitrogens with one attached hydrogen (secondary N) is 1. The van der Waals surface area contributed by atoms with E-state index in [9.17, 15) is 0 Å². The third kappa shape index (κ3) is 5.22. The highest BCUT2D eigenvalue weighted by Gasteiger charge is 2.04. The van der Waals surface area contributed by atoms with Gasteiger partial charge < -0.3 is 10.1 Å². The van der Waals surface area contributed by atoms with Gasteiger partial charge in [-0.05, 0) is 26.3 Å². The lowest BCUT2D eigenvalue weighted by molar-refractivity contribution is 0.334. The molecular weight excluding hydrogens is 210 g/mol. The molecule has 0 heterocycles. The first-order valence-electron chi connectivity index (χ1n) is 6.72. The molecular formula is C15H25NO. The van der Waals surface area contributed by atoms with Crippen molar-refractivity contribution in [2.24, 2.45) is 0 Å². The van der Waals surface area contributed by atoms with Gasteiger partial charge in [0.1, 0.15) is 5.75 Å². The highest BCUT2D eigenvalue weighted by Crippen LogP contribution is 2.17. The Hall–Kier alpha value is -1.02. The predicted molar refractivity (Wildman–Crippen MR) is 73.4 cm³/mol. The molecule has 0 aromatic heterocycles. The first-order valence-corrected chi connectivity index (χ1v) is 6.72. The van der Waals surface area contributed by atoms with Gasteiger partial charge in [0, 0.05) is 18.2 Å². The summed E-state index contributed by atoms with van der Waals surface area (Å²) in [5, 5.41) is 3.55. The van der Waals surface area contributed by atoms with Crippen molar-refractivity contribution in [2.75, 3.05) is 6.61 Å². The average Bonchev–Trinajstić information content (AvgIpc) is 2.35. The molecule has 0 aliphatic heterocycles. The summed E-state index contributed by atoms with van der Waals surface area (Å²) in [5.41, 5.74) is 1.25. The van der Waals surface area contributed by atoms with Crippen molar-refractivity contribution >= 4 is 0 Å². The van der Waals surface area contributed by atoms with Gasteiger partial charge in [-0.2, -0.15) is 0 Å². The molecule has 0 amide bonds. The summed E-state index contributed by atoms with van der Waals surface area (Å²) in [4.78, 5) is 0. The average molecular weight is 235 g/mol. The second-order valence-electron chi connectivity index (χ2n) is 4.46. The smallest absolute Gasteiger partial charge is 0.123 e. The summed E-state index contributed by atoms with van der Waals surface area (Å²) in [6, 6.07) is 8.83. The Morgan fingerprint density at radius 3 is 2.71 bits per heavy atom. The van der Waals surface area contributed by atoms with Gasteiger partial charge in [0.25, 0.3) is 0 Å². The van der Waals surface area contributed by atoms with Crippen molar-refractivity contribution in [1.29, 1.82) is 0 Å². The predicted octanol–water partition coefficient (Wildman–Crippen LogP) is 3.75. The Bertz CT molecular complexity index is 312. The molecule has 1 aromatic carbocycles. The van der Waals surface area contributed by atoms with Crippen LogP contribution in [-0.4, -0.2) is 12.6 Å². The molecule has 0 bridgehead atoms. The van der Waals surface area contributed by atoms with Gasteiger partial charge in [0.05, 0.1) is 6.61 Å². The van der Waals surface area contributed by atoms with Crippen molar-refractivity contribution in [3.8, 4) is 5.75 Å². The Labute approximate surface area is 105 Å². The number of hydrogen-bond acceptors (Lipinski definition) is 2. The fourth-order valence-corrected chi connectivity index (χ4v) is 1.84. The number of rotatable bonds is 8. The minimum Gasteiger partial charge on any atom is -0.494 e. The van der Waals surface area contributed by atoms with Gasteiger partial charge >= 0.3 is 0 Å². The quantitative estimate of drug-likeness (QED) is 0.741. The summed E-state index contributed by atoms with van der Waals surface area (Å²) in [6.45, 7) is 8.12. The molecule has 0 spiro atoms. The molecule has 1 rings (SSSR count). The lowest BCUT2D eigenvalue weighted by Crippen LogP contribution is -2.25. The highest BCUT2D eigenvalue weighted by atomic mass is 16.5. The van der Waals surface area contributed by atoms with E-state index in [1.807, 2.05) is 19.1 Å². The van der Waals surface area contributed by atoms with E-state index in [4.69, 9.17) is 4.74 Å². The van der Waals surface area contributed by atoms with Crippen LogP contribution in [0.3, 0.4) is 0 Å². The molecule has 1 unspecified atom stereocenters. The second kappa shape index (κ2) is 8.13. The summed E-state index contributed by atoms with van der Waals surface area (Å²) < 4.78 is 5.61. The maximum atomic E-state index is 5.61. The number of ether oxygens (including phenoxy) is 1. The van der Waals surface area contributed by atoms with Crippen molar-refractivity contribution < 1.29 is 4.74 Å².